The Balaban J connectivity index is 3.34. The Morgan fingerprint density at radius 2 is 2.00 bits per heavy atom. The SMILES string of the molecule is Cc1cc(Br)c(N)cc1S(=O)(=O)NC(N)=O. The number of hydrogen-bond acceptors (Lipinski definition) is 4. The molecule has 5 N–H and O–H groups in total. The average Bonchev–Trinajstić information content (AvgIpc) is 2.08. The second-order valence-electron chi connectivity index (χ2n) is 3.11. The molecule has 0 atom stereocenters. The van der Waals surface area contributed by atoms with Crippen molar-refractivity contribution in [3.63, 3.8) is 0 Å². The molecule has 2 amide bonds. The molecular formula is C8H10BrN3O3S. The first-order valence-corrected chi connectivity index (χ1v) is 6.39. The summed E-state index contributed by atoms with van der Waals surface area (Å²) in [6.45, 7) is 1.58. The second-order valence-corrected chi connectivity index (χ2v) is 5.61. The second kappa shape index (κ2) is 4.30. The van der Waals surface area contributed by atoms with Crippen LogP contribution in [0.25, 0.3) is 0 Å². The summed E-state index contributed by atoms with van der Waals surface area (Å²) in [5.41, 5.74) is 11.0. The number of carbonyl (C=O) groups excluding carboxylic acids is 1. The van der Waals surface area contributed by atoms with Gasteiger partial charge in [0.25, 0.3) is 10.0 Å². The fraction of sp³-hybridized carbons (Fsp3) is 0.125. The van der Waals surface area contributed by atoms with Crippen LogP contribution in [0, 0.1) is 6.92 Å². The van der Waals surface area contributed by atoms with Crippen molar-refractivity contribution >= 4 is 37.7 Å². The maximum Gasteiger partial charge on any atom is 0.326 e. The van der Waals surface area contributed by atoms with Gasteiger partial charge >= 0.3 is 6.03 Å². The van der Waals surface area contributed by atoms with Crippen molar-refractivity contribution in [3.05, 3.63) is 22.2 Å². The molecule has 0 aromatic heterocycles. The fourth-order valence-electron chi connectivity index (χ4n) is 1.15. The third-order valence-electron chi connectivity index (χ3n) is 1.82. The third kappa shape index (κ3) is 2.64. The van der Waals surface area contributed by atoms with E-state index in [4.69, 9.17) is 11.5 Å². The number of benzene rings is 1. The van der Waals surface area contributed by atoms with Crippen LogP contribution in [0.3, 0.4) is 0 Å². The van der Waals surface area contributed by atoms with Gasteiger partial charge in [-0.25, -0.2) is 17.9 Å². The minimum Gasteiger partial charge on any atom is -0.398 e. The number of sulfonamides is 1. The first-order valence-electron chi connectivity index (χ1n) is 4.12. The maximum absolute atomic E-state index is 11.6. The van der Waals surface area contributed by atoms with E-state index < -0.39 is 16.1 Å². The van der Waals surface area contributed by atoms with E-state index in [1.165, 1.54) is 6.07 Å². The summed E-state index contributed by atoms with van der Waals surface area (Å²) in [5, 5.41) is 0. The highest BCUT2D eigenvalue weighted by atomic mass is 79.9. The first kappa shape index (κ1) is 12.8. The lowest BCUT2D eigenvalue weighted by molar-refractivity contribution is 0.253. The van der Waals surface area contributed by atoms with Crippen molar-refractivity contribution in [1.29, 1.82) is 0 Å². The molecule has 0 bridgehead atoms. The number of nitrogens with one attached hydrogen (secondary N) is 1. The van der Waals surface area contributed by atoms with Crippen LogP contribution < -0.4 is 16.2 Å². The summed E-state index contributed by atoms with van der Waals surface area (Å²) in [6, 6.07) is 1.66. The van der Waals surface area contributed by atoms with Crippen molar-refractivity contribution < 1.29 is 13.2 Å². The molecule has 88 valence electrons. The van der Waals surface area contributed by atoms with E-state index in [1.54, 1.807) is 17.7 Å². The molecule has 1 aromatic carbocycles. The molecule has 0 unspecified atom stereocenters. The van der Waals surface area contributed by atoms with Crippen LogP contribution >= 0.6 is 15.9 Å². The molecule has 0 aliphatic carbocycles. The summed E-state index contributed by atoms with van der Waals surface area (Å²) < 4.78 is 25.5. The summed E-state index contributed by atoms with van der Waals surface area (Å²) in [6.07, 6.45) is 0. The number of hydrogen-bond donors (Lipinski definition) is 3. The molecule has 0 fully saturated rings. The van der Waals surface area contributed by atoms with Gasteiger partial charge in [-0.1, -0.05) is 0 Å². The van der Waals surface area contributed by atoms with Gasteiger partial charge in [0.15, 0.2) is 0 Å². The lowest BCUT2D eigenvalue weighted by Gasteiger charge is -2.09. The number of anilines is 1. The van der Waals surface area contributed by atoms with Crippen molar-refractivity contribution in [3.8, 4) is 0 Å². The van der Waals surface area contributed by atoms with Gasteiger partial charge in [-0.05, 0) is 40.5 Å². The van der Waals surface area contributed by atoms with Crippen LogP contribution in [0.4, 0.5) is 10.5 Å². The Morgan fingerprint density at radius 3 is 2.50 bits per heavy atom. The first-order chi connectivity index (χ1) is 7.24. The summed E-state index contributed by atoms with van der Waals surface area (Å²) in [4.78, 5) is 10.5. The van der Waals surface area contributed by atoms with E-state index in [-0.39, 0.29) is 10.6 Å². The summed E-state index contributed by atoms with van der Waals surface area (Å²) in [5.74, 6) is 0. The summed E-state index contributed by atoms with van der Waals surface area (Å²) >= 11 is 3.17. The van der Waals surface area contributed by atoms with Gasteiger partial charge in [-0.2, -0.15) is 0 Å². The van der Waals surface area contributed by atoms with Crippen molar-refractivity contribution in [2.45, 2.75) is 11.8 Å². The third-order valence-corrected chi connectivity index (χ3v) is 3.99. The van der Waals surface area contributed by atoms with Gasteiger partial charge in [0, 0.05) is 10.2 Å². The predicted molar refractivity (Wildman–Crippen MR) is 63.2 cm³/mol. The Labute approximate surface area is 101 Å². The van der Waals surface area contributed by atoms with E-state index in [0.717, 1.165) is 0 Å². The molecule has 1 aromatic rings. The monoisotopic (exact) mass is 307 g/mol. The number of nitrogen functional groups attached to an aromatic ring is 1. The largest absolute Gasteiger partial charge is 0.398 e. The average molecular weight is 308 g/mol. The minimum absolute atomic E-state index is 0.0769. The topological polar surface area (TPSA) is 115 Å². The highest BCUT2D eigenvalue weighted by Crippen LogP contribution is 2.26. The van der Waals surface area contributed by atoms with Gasteiger partial charge in [0.2, 0.25) is 0 Å². The van der Waals surface area contributed by atoms with Gasteiger partial charge in [-0.3, -0.25) is 0 Å². The quantitative estimate of drug-likeness (QED) is 0.697. The lowest BCUT2D eigenvalue weighted by Crippen LogP contribution is -2.35. The Hall–Kier alpha value is -1.28. The van der Waals surface area contributed by atoms with Gasteiger partial charge in [0.1, 0.15) is 0 Å². The van der Waals surface area contributed by atoms with Gasteiger partial charge < -0.3 is 11.5 Å². The zero-order chi connectivity index (χ0) is 12.5. The van der Waals surface area contributed by atoms with Gasteiger partial charge in [0.05, 0.1) is 4.90 Å². The zero-order valence-electron chi connectivity index (χ0n) is 8.32. The molecule has 0 saturated carbocycles. The molecule has 0 aliphatic heterocycles. The smallest absolute Gasteiger partial charge is 0.326 e. The van der Waals surface area contributed by atoms with Crippen LogP contribution in [-0.2, 0) is 10.0 Å². The molecule has 0 spiro atoms. The van der Waals surface area contributed by atoms with E-state index in [9.17, 15) is 13.2 Å². The molecule has 6 nitrogen and oxygen atoms in total. The van der Waals surface area contributed by atoms with Crippen LogP contribution in [0.5, 0.6) is 0 Å². The maximum atomic E-state index is 11.6. The zero-order valence-corrected chi connectivity index (χ0v) is 10.7. The number of aryl methyl sites for hydroxylation is 1. The Bertz CT molecular complexity index is 542. The highest BCUT2D eigenvalue weighted by molar-refractivity contribution is 9.10. The van der Waals surface area contributed by atoms with Gasteiger partial charge in [-0.15, -0.1) is 0 Å². The molecular weight excluding hydrogens is 298 g/mol. The van der Waals surface area contributed by atoms with Crippen LogP contribution in [0.2, 0.25) is 0 Å². The number of primary amides is 1. The normalized spacial score (nSPS) is 11.1. The molecule has 0 saturated heterocycles. The fourth-order valence-corrected chi connectivity index (χ4v) is 2.74. The molecule has 0 aliphatic rings. The van der Waals surface area contributed by atoms with E-state index >= 15 is 0 Å². The van der Waals surface area contributed by atoms with Crippen molar-refractivity contribution in [2.24, 2.45) is 5.73 Å². The van der Waals surface area contributed by atoms with E-state index in [0.29, 0.717) is 10.0 Å². The molecule has 16 heavy (non-hydrogen) atoms. The number of carbonyl (C=O) groups is 1. The van der Waals surface area contributed by atoms with Crippen LogP contribution in [0.15, 0.2) is 21.5 Å². The highest BCUT2D eigenvalue weighted by Gasteiger charge is 2.19. The number of amides is 2. The number of rotatable bonds is 2. The number of urea groups is 1. The van der Waals surface area contributed by atoms with Crippen LogP contribution in [-0.4, -0.2) is 14.4 Å². The molecule has 8 heteroatoms. The Morgan fingerprint density at radius 1 is 1.44 bits per heavy atom. The molecule has 1 rings (SSSR count). The molecule has 0 radical (unpaired) electrons. The van der Waals surface area contributed by atoms with Crippen LogP contribution in [0.1, 0.15) is 5.56 Å². The lowest BCUT2D eigenvalue weighted by atomic mass is 10.2. The standard InChI is InChI=1S/C8H10BrN3O3S/c1-4-2-5(9)6(10)3-7(4)16(14,15)12-8(11)13/h2-3H,10H2,1H3,(H3,11,12,13). The number of halogens is 1. The predicted octanol–water partition coefficient (Wildman–Crippen LogP) is 0.697. The Kier molecular flexibility index (Phi) is 3.44. The molecule has 0 heterocycles. The van der Waals surface area contributed by atoms with E-state index in [1.807, 2.05) is 0 Å². The van der Waals surface area contributed by atoms with Crippen molar-refractivity contribution in [1.82, 2.24) is 4.72 Å². The summed E-state index contributed by atoms with van der Waals surface area (Å²) in [7, 11) is -3.95. The van der Waals surface area contributed by atoms with Crippen molar-refractivity contribution in [2.75, 3.05) is 5.73 Å². The number of nitrogens with two attached hydrogens (primary N) is 2. The minimum atomic E-state index is -3.95. The van der Waals surface area contributed by atoms with E-state index in [2.05, 4.69) is 15.9 Å².